The smallest absolute Gasteiger partial charge is 0.329 e. The van der Waals surface area contributed by atoms with Crippen molar-refractivity contribution in [2.45, 2.75) is 13.8 Å². The average molecular weight is 269 g/mol. The highest BCUT2D eigenvalue weighted by Gasteiger charge is 2.22. The lowest BCUT2D eigenvalue weighted by molar-refractivity contribution is -0.384. The van der Waals surface area contributed by atoms with Crippen molar-refractivity contribution in [1.82, 2.24) is 9.97 Å². The van der Waals surface area contributed by atoms with Crippen LogP contribution in [-0.4, -0.2) is 41.7 Å². The molecule has 8 nitrogen and oxygen atoms in total. The van der Waals surface area contributed by atoms with Gasteiger partial charge in [0.05, 0.1) is 11.5 Å². The fourth-order valence-electron chi connectivity index (χ4n) is 1.67. The number of hydrogen-bond donors (Lipinski definition) is 1. The first-order chi connectivity index (χ1) is 8.95. The number of methoxy groups -OCH3 is 1. The van der Waals surface area contributed by atoms with Gasteiger partial charge in [-0.05, 0) is 5.92 Å². The third kappa shape index (κ3) is 4.32. The predicted octanol–water partition coefficient (Wildman–Crippen LogP) is 1.08. The molecule has 0 atom stereocenters. The maximum Gasteiger partial charge on any atom is 0.329 e. The second-order valence-corrected chi connectivity index (χ2v) is 4.53. The highest BCUT2D eigenvalue weighted by atomic mass is 16.6. The molecule has 1 heterocycles. The Morgan fingerprint density at radius 2 is 2.26 bits per heavy atom. The molecule has 1 aromatic rings. The molecule has 0 saturated heterocycles. The molecule has 0 bridgehead atoms. The standard InChI is InChI=1S/C11H19N5O3/c1-8(2)7-15(4-5-19-3)10-9(16(17)18)6-13-11(12)14-10/h6,8H,4-5,7H2,1-3H3,(H2,12,13,14). The Morgan fingerprint density at radius 1 is 1.58 bits per heavy atom. The summed E-state index contributed by atoms with van der Waals surface area (Å²) in [7, 11) is 1.58. The molecular formula is C11H19N5O3. The van der Waals surface area contributed by atoms with Crippen LogP contribution in [0.1, 0.15) is 13.8 Å². The molecule has 1 rings (SSSR count). The van der Waals surface area contributed by atoms with Crippen LogP contribution in [0.15, 0.2) is 6.20 Å². The molecule has 0 fully saturated rings. The summed E-state index contributed by atoms with van der Waals surface area (Å²) in [5.41, 5.74) is 5.37. The summed E-state index contributed by atoms with van der Waals surface area (Å²) in [4.78, 5) is 20.0. The molecule has 0 radical (unpaired) electrons. The number of nitro groups is 1. The minimum Gasteiger partial charge on any atom is -0.383 e. The van der Waals surface area contributed by atoms with Gasteiger partial charge in [-0.2, -0.15) is 4.98 Å². The molecule has 0 unspecified atom stereocenters. The van der Waals surface area contributed by atoms with Gasteiger partial charge in [0.2, 0.25) is 11.8 Å². The number of nitrogens with zero attached hydrogens (tertiary/aromatic N) is 4. The Balaban J connectivity index is 3.11. The van der Waals surface area contributed by atoms with E-state index >= 15 is 0 Å². The van der Waals surface area contributed by atoms with Crippen LogP contribution in [0.2, 0.25) is 0 Å². The van der Waals surface area contributed by atoms with E-state index in [1.807, 2.05) is 13.8 Å². The number of hydrogen-bond acceptors (Lipinski definition) is 7. The lowest BCUT2D eigenvalue weighted by atomic mass is 10.2. The first kappa shape index (κ1) is 15.1. The molecule has 0 saturated carbocycles. The van der Waals surface area contributed by atoms with Crippen molar-refractivity contribution in [2.24, 2.45) is 5.92 Å². The van der Waals surface area contributed by atoms with Gasteiger partial charge in [-0.1, -0.05) is 13.8 Å². The molecule has 0 spiro atoms. The van der Waals surface area contributed by atoms with Crippen molar-refractivity contribution in [1.29, 1.82) is 0 Å². The summed E-state index contributed by atoms with van der Waals surface area (Å²) in [6, 6.07) is 0. The molecule has 0 aliphatic rings. The van der Waals surface area contributed by atoms with Crippen molar-refractivity contribution in [3.05, 3.63) is 16.3 Å². The summed E-state index contributed by atoms with van der Waals surface area (Å²) < 4.78 is 5.02. The van der Waals surface area contributed by atoms with Gasteiger partial charge >= 0.3 is 5.69 Å². The molecule has 0 aliphatic heterocycles. The van der Waals surface area contributed by atoms with E-state index in [1.54, 1.807) is 12.0 Å². The molecule has 106 valence electrons. The topological polar surface area (TPSA) is 107 Å². The third-order valence-electron chi connectivity index (χ3n) is 2.42. The third-order valence-corrected chi connectivity index (χ3v) is 2.42. The molecular weight excluding hydrogens is 250 g/mol. The number of aromatic nitrogens is 2. The van der Waals surface area contributed by atoms with Crippen LogP contribution in [0.5, 0.6) is 0 Å². The Bertz CT molecular complexity index is 438. The lowest BCUT2D eigenvalue weighted by Gasteiger charge is -2.24. The normalized spacial score (nSPS) is 10.7. The van der Waals surface area contributed by atoms with E-state index in [4.69, 9.17) is 10.5 Å². The van der Waals surface area contributed by atoms with Crippen molar-refractivity contribution in [2.75, 3.05) is 37.4 Å². The monoisotopic (exact) mass is 269 g/mol. The SMILES string of the molecule is COCCN(CC(C)C)c1nc(N)ncc1[N+](=O)[O-]. The highest BCUT2D eigenvalue weighted by molar-refractivity contribution is 5.58. The fraction of sp³-hybridized carbons (Fsp3) is 0.636. The zero-order valence-electron chi connectivity index (χ0n) is 11.4. The van der Waals surface area contributed by atoms with E-state index in [2.05, 4.69) is 9.97 Å². The van der Waals surface area contributed by atoms with Crippen LogP contribution in [0.4, 0.5) is 17.5 Å². The van der Waals surface area contributed by atoms with E-state index in [0.29, 0.717) is 25.6 Å². The Morgan fingerprint density at radius 3 is 2.79 bits per heavy atom. The second kappa shape index (κ2) is 6.83. The number of anilines is 2. The summed E-state index contributed by atoms with van der Waals surface area (Å²) in [6.45, 7) is 5.63. The largest absolute Gasteiger partial charge is 0.383 e. The van der Waals surface area contributed by atoms with E-state index in [-0.39, 0.29) is 17.5 Å². The summed E-state index contributed by atoms with van der Waals surface area (Å²) >= 11 is 0. The number of rotatable bonds is 7. The van der Waals surface area contributed by atoms with E-state index in [1.165, 1.54) is 0 Å². The molecule has 0 aromatic carbocycles. The van der Waals surface area contributed by atoms with Gasteiger partial charge < -0.3 is 15.4 Å². The molecule has 0 amide bonds. The van der Waals surface area contributed by atoms with Crippen LogP contribution in [0.3, 0.4) is 0 Å². The highest BCUT2D eigenvalue weighted by Crippen LogP contribution is 2.26. The van der Waals surface area contributed by atoms with Crippen molar-refractivity contribution >= 4 is 17.5 Å². The zero-order valence-corrected chi connectivity index (χ0v) is 11.4. The summed E-state index contributed by atoms with van der Waals surface area (Å²) in [6.07, 6.45) is 1.14. The van der Waals surface area contributed by atoms with Crippen molar-refractivity contribution in [3.63, 3.8) is 0 Å². The number of nitrogen functional groups attached to an aromatic ring is 1. The van der Waals surface area contributed by atoms with Crippen LogP contribution >= 0.6 is 0 Å². The van der Waals surface area contributed by atoms with Crippen molar-refractivity contribution in [3.8, 4) is 0 Å². The first-order valence-electron chi connectivity index (χ1n) is 5.96. The molecule has 8 heteroatoms. The maximum atomic E-state index is 11.0. The summed E-state index contributed by atoms with van der Waals surface area (Å²) in [5.74, 6) is 0.586. The molecule has 0 aliphatic carbocycles. The Kier molecular flexibility index (Phi) is 5.43. The predicted molar refractivity (Wildman–Crippen MR) is 72.0 cm³/mol. The van der Waals surface area contributed by atoms with Gasteiger partial charge in [0.1, 0.15) is 6.20 Å². The van der Waals surface area contributed by atoms with E-state index in [0.717, 1.165) is 6.20 Å². The quantitative estimate of drug-likeness (QED) is 0.582. The van der Waals surface area contributed by atoms with Gasteiger partial charge in [0, 0.05) is 20.2 Å². The van der Waals surface area contributed by atoms with Crippen LogP contribution in [0, 0.1) is 16.0 Å². The van der Waals surface area contributed by atoms with Gasteiger partial charge in [-0.15, -0.1) is 0 Å². The first-order valence-corrected chi connectivity index (χ1v) is 5.96. The van der Waals surface area contributed by atoms with Crippen LogP contribution in [-0.2, 0) is 4.74 Å². The minimum atomic E-state index is -0.505. The Hall–Kier alpha value is -1.96. The molecule has 2 N–H and O–H groups in total. The Labute approximate surface area is 111 Å². The molecule has 1 aromatic heterocycles. The van der Waals surface area contributed by atoms with Gasteiger partial charge in [0.25, 0.3) is 0 Å². The van der Waals surface area contributed by atoms with Gasteiger partial charge in [0.15, 0.2) is 0 Å². The van der Waals surface area contributed by atoms with Gasteiger partial charge in [-0.3, -0.25) is 10.1 Å². The maximum absolute atomic E-state index is 11.0. The average Bonchev–Trinajstić information content (AvgIpc) is 2.33. The van der Waals surface area contributed by atoms with Crippen LogP contribution in [0.25, 0.3) is 0 Å². The van der Waals surface area contributed by atoms with Gasteiger partial charge in [-0.25, -0.2) is 4.98 Å². The number of nitrogens with two attached hydrogens (primary N) is 1. The second-order valence-electron chi connectivity index (χ2n) is 4.53. The van der Waals surface area contributed by atoms with E-state index in [9.17, 15) is 10.1 Å². The lowest BCUT2D eigenvalue weighted by Crippen LogP contribution is -2.32. The number of ether oxygens (including phenoxy) is 1. The zero-order chi connectivity index (χ0) is 14.4. The summed E-state index contributed by atoms with van der Waals surface area (Å²) in [5, 5.41) is 11.0. The fourth-order valence-corrected chi connectivity index (χ4v) is 1.67. The van der Waals surface area contributed by atoms with E-state index < -0.39 is 4.92 Å². The van der Waals surface area contributed by atoms with Crippen molar-refractivity contribution < 1.29 is 9.66 Å². The molecule has 19 heavy (non-hydrogen) atoms. The van der Waals surface area contributed by atoms with Crippen LogP contribution < -0.4 is 10.6 Å². The minimum absolute atomic E-state index is 0.0202.